The molecular formula is C15H14Cl2N2O3. The number of carbonyl (C=O) groups excluding carboxylic acids is 2. The Hall–Kier alpha value is -1.77. The van der Waals surface area contributed by atoms with Gasteiger partial charge in [-0.2, -0.15) is 5.26 Å². The number of nitrogens with one attached hydrogen (secondary N) is 1. The molecule has 116 valence electrons. The van der Waals surface area contributed by atoms with Gasteiger partial charge in [-0.1, -0.05) is 23.2 Å². The van der Waals surface area contributed by atoms with E-state index in [4.69, 9.17) is 27.9 Å². The molecule has 0 bridgehead atoms. The minimum Gasteiger partial charge on any atom is -0.452 e. The Morgan fingerprint density at radius 2 is 2.00 bits per heavy atom. The van der Waals surface area contributed by atoms with Crippen molar-refractivity contribution < 1.29 is 14.3 Å². The number of hydrogen-bond acceptors (Lipinski definition) is 4. The molecule has 0 unspecified atom stereocenters. The summed E-state index contributed by atoms with van der Waals surface area (Å²) in [6.45, 7) is -0.457. The van der Waals surface area contributed by atoms with E-state index < -0.39 is 24.0 Å². The molecule has 0 atom stereocenters. The fourth-order valence-electron chi connectivity index (χ4n) is 2.41. The number of halogens is 2. The first kappa shape index (κ1) is 16.6. The Bertz CT molecular complexity index is 634. The maximum atomic E-state index is 11.9. The van der Waals surface area contributed by atoms with Gasteiger partial charge < -0.3 is 10.1 Å². The lowest BCUT2D eigenvalue weighted by molar-refractivity contribution is -0.125. The van der Waals surface area contributed by atoms with Gasteiger partial charge in [0, 0.05) is 5.02 Å². The van der Waals surface area contributed by atoms with E-state index in [0.717, 1.165) is 12.8 Å². The van der Waals surface area contributed by atoms with Crippen LogP contribution in [-0.4, -0.2) is 24.0 Å². The Morgan fingerprint density at radius 1 is 1.32 bits per heavy atom. The molecule has 1 N–H and O–H groups in total. The predicted molar refractivity (Wildman–Crippen MR) is 81.7 cm³/mol. The van der Waals surface area contributed by atoms with Crippen LogP contribution in [0.4, 0.5) is 0 Å². The van der Waals surface area contributed by atoms with Gasteiger partial charge in [-0.05, 0) is 43.9 Å². The monoisotopic (exact) mass is 340 g/mol. The smallest absolute Gasteiger partial charge is 0.340 e. The Morgan fingerprint density at radius 3 is 2.59 bits per heavy atom. The number of rotatable bonds is 4. The summed E-state index contributed by atoms with van der Waals surface area (Å²) in [7, 11) is 0. The van der Waals surface area contributed by atoms with Gasteiger partial charge >= 0.3 is 5.97 Å². The summed E-state index contributed by atoms with van der Waals surface area (Å²) in [5.41, 5.74) is -0.698. The lowest BCUT2D eigenvalue weighted by Crippen LogP contribution is -2.46. The van der Waals surface area contributed by atoms with Crippen LogP contribution in [0.3, 0.4) is 0 Å². The largest absolute Gasteiger partial charge is 0.452 e. The highest BCUT2D eigenvalue weighted by atomic mass is 35.5. The number of hydrogen-bond donors (Lipinski definition) is 1. The van der Waals surface area contributed by atoms with Crippen molar-refractivity contribution in [2.24, 2.45) is 0 Å². The van der Waals surface area contributed by atoms with E-state index in [2.05, 4.69) is 11.4 Å². The first-order valence-electron chi connectivity index (χ1n) is 6.80. The van der Waals surface area contributed by atoms with Gasteiger partial charge in [-0.25, -0.2) is 4.79 Å². The molecule has 1 aliphatic rings. The zero-order valence-corrected chi connectivity index (χ0v) is 13.2. The minimum atomic E-state index is -0.832. The van der Waals surface area contributed by atoms with Crippen LogP contribution >= 0.6 is 23.2 Å². The van der Waals surface area contributed by atoms with Crippen LogP contribution in [0, 0.1) is 11.3 Å². The van der Waals surface area contributed by atoms with Gasteiger partial charge in [0.05, 0.1) is 16.7 Å². The van der Waals surface area contributed by atoms with Crippen LogP contribution in [0.25, 0.3) is 0 Å². The highest BCUT2D eigenvalue weighted by molar-refractivity contribution is 6.36. The number of carbonyl (C=O) groups is 2. The van der Waals surface area contributed by atoms with Crippen molar-refractivity contribution in [1.82, 2.24) is 5.32 Å². The lowest BCUT2D eigenvalue weighted by Gasteiger charge is -2.21. The van der Waals surface area contributed by atoms with Gasteiger partial charge in [-0.15, -0.1) is 0 Å². The van der Waals surface area contributed by atoms with Crippen molar-refractivity contribution >= 4 is 35.1 Å². The maximum Gasteiger partial charge on any atom is 0.340 e. The molecule has 0 heterocycles. The fraction of sp³-hybridized carbons (Fsp3) is 0.400. The van der Waals surface area contributed by atoms with Crippen molar-refractivity contribution in [2.45, 2.75) is 31.2 Å². The van der Waals surface area contributed by atoms with Crippen LogP contribution in [0.5, 0.6) is 0 Å². The molecule has 0 spiro atoms. The molecule has 7 heteroatoms. The Kier molecular flexibility index (Phi) is 5.28. The molecule has 1 saturated carbocycles. The lowest BCUT2D eigenvalue weighted by atomic mass is 10.00. The molecule has 1 aliphatic carbocycles. The van der Waals surface area contributed by atoms with E-state index in [1.807, 2.05) is 0 Å². The molecule has 0 radical (unpaired) electrons. The molecule has 1 amide bonds. The second-order valence-electron chi connectivity index (χ2n) is 5.15. The number of nitriles is 1. The topological polar surface area (TPSA) is 79.2 Å². The van der Waals surface area contributed by atoms with Gasteiger partial charge in [0.2, 0.25) is 0 Å². The summed E-state index contributed by atoms with van der Waals surface area (Å²) in [6, 6.07) is 6.49. The van der Waals surface area contributed by atoms with Crippen molar-refractivity contribution in [3.8, 4) is 6.07 Å². The second-order valence-corrected chi connectivity index (χ2v) is 5.99. The van der Waals surface area contributed by atoms with Gasteiger partial charge in [0.25, 0.3) is 5.91 Å². The molecule has 22 heavy (non-hydrogen) atoms. The summed E-state index contributed by atoms with van der Waals surface area (Å²) in [4.78, 5) is 23.7. The number of amides is 1. The molecule has 1 aromatic rings. The van der Waals surface area contributed by atoms with Gasteiger partial charge in [0.15, 0.2) is 6.61 Å². The quantitative estimate of drug-likeness (QED) is 0.854. The van der Waals surface area contributed by atoms with Gasteiger partial charge in [0.1, 0.15) is 5.54 Å². The third-order valence-electron chi connectivity index (χ3n) is 3.54. The van der Waals surface area contributed by atoms with Crippen LogP contribution in [-0.2, 0) is 9.53 Å². The molecule has 0 aliphatic heterocycles. The van der Waals surface area contributed by atoms with Crippen LogP contribution < -0.4 is 5.32 Å². The maximum absolute atomic E-state index is 11.9. The van der Waals surface area contributed by atoms with E-state index >= 15 is 0 Å². The fourth-order valence-corrected chi connectivity index (χ4v) is 2.90. The van der Waals surface area contributed by atoms with Crippen molar-refractivity contribution in [1.29, 1.82) is 5.26 Å². The van der Waals surface area contributed by atoms with Crippen molar-refractivity contribution in [3.63, 3.8) is 0 Å². The average Bonchev–Trinajstić information content (AvgIpc) is 2.94. The molecule has 2 rings (SSSR count). The standard InChI is InChI=1S/C15H14Cl2N2O3/c16-10-3-4-11(12(17)7-10)14(21)22-8-13(20)19-15(9-18)5-1-2-6-15/h3-4,7H,1-2,5-6,8H2,(H,19,20). The highest BCUT2D eigenvalue weighted by Gasteiger charge is 2.35. The summed E-state index contributed by atoms with van der Waals surface area (Å²) in [5.74, 6) is -1.21. The Balaban J connectivity index is 1.91. The molecule has 0 saturated heterocycles. The van der Waals surface area contributed by atoms with E-state index in [0.29, 0.717) is 17.9 Å². The zero-order chi connectivity index (χ0) is 16.2. The summed E-state index contributed by atoms with van der Waals surface area (Å²) >= 11 is 11.6. The summed E-state index contributed by atoms with van der Waals surface area (Å²) in [5, 5.41) is 12.4. The van der Waals surface area contributed by atoms with E-state index in [-0.39, 0.29) is 10.6 Å². The summed E-state index contributed by atoms with van der Waals surface area (Å²) < 4.78 is 4.92. The Labute approximate surface area is 138 Å². The van der Waals surface area contributed by atoms with Crippen LogP contribution in [0.15, 0.2) is 18.2 Å². The molecule has 5 nitrogen and oxygen atoms in total. The molecule has 1 aromatic carbocycles. The van der Waals surface area contributed by atoms with Crippen molar-refractivity contribution in [3.05, 3.63) is 33.8 Å². The predicted octanol–water partition coefficient (Wildman–Crippen LogP) is 3.10. The average molecular weight is 341 g/mol. The first-order chi connectivity index (χ1) is 10.5. The molecule has 0 aromatic heterocycles. The van der Waals surface area contributed by atoms with E-state index in [9.17, 15) is 14.9 Å². The van der Waals surface area contributed by atoms with Crippen LogP contribution in [0.1, 0.15) is 36.0 Å². The zero-order valence-electron chi connectivity index (χ0n) is 11.7. The van der Waals surface area contributed by atoms with Crippen molar-refractivity contribution in [2.75, 3.05) is 6.61 Å². The first-order valence-corrected chi connectivity index (χ1v) is 7.56. The van der Waals surface area contributed by atoms with Crippen LogP contribution in [0.2, 0.25) is 10.0 Å². The van der Waals surface area contributed by atoms with E-state index in [1.54, 1.807) is 0 Å². The molecule has 1 fully saturated rings. The second kappa shape index (κ2) is 6.99. The number of benzene rings is 1. The minimum absolute atomic E-state index is 0.134. The van der Waals surface area contributed by atoms with Gasteiger partial charge in [-0.3, -0.25) is 4.79 Å². The third kappa shape index (κ3) is 3.90. The third-order valence-corrected chi connectivity index (χ3v) is 4.08. The van der Waals surface area contributed by atoms with E-state index in [1.165, 1.54) is 18.2 Å². The SMILES string of the molecule is N#CC1(NC(=O)COC(=O)c2ccc(Cl)cc2Cl)CCCC1. The number of ether oxygens (including phenoxy) is 1. The highest BCUT2D eigenvalue weighted by Crippen LogP contribution is 2.28. The number of nitrogens with zero attached hydrogens (tertiary/aromatic N) is 1. The normalized spacial score (nSPS) is 15.9. The number of esters is 1. The summed E-state index contributed by atoms with van der Waals surface area (Å²) in [6.07, 6.45) is 3.03. The molecular weight excluding hydrogens is 327 g/mol.